The lowest BCUT2D eigenvalue weighted by atomic mass is 10.0. The lowest BCUT2D eigenvalue weighted by molar-refractivity contribution is 0.460. The molecule has 0 aliphatic heterocycles. The molecule has 0 spiro atoms. The molecule has 0 bridgehead atoms. The van der Waals surface area contributed by atoms with Crippen LogP contribution in [0.3, 0.4) is 0 Å². The summed E-state index contributed by atoms with van der Waals surface area (Å²) >= 11 is 0. The summed E-state index contributed by atoms with van der Waals surface area (Å²) in [6, 6.07) is 12.2. The van der Waals surface area contributed by atoms with Gasteiger partial charge in [-0.3, -0.25) is 0 Å². The normalized spacial score (nSPS) is 10.9. The number of nitrogens with one attached hydrogen (secondary N) is 1. The molecule has 21 heavy (non-hydrogen) atoms. The Morgan fingerprint density at radius 2 is 2.05 bits per heavy atom. The Kier molecular flexibility index (Phi) is 5.76. The van der Waals surface area contributed by atoms with Crippen molar-refractivity contribution in [3.05, 3.63) is 53.7 Å². The largest absolute Gasteiger partial charge is 0.439 e. The molecule has 1 aromatic heterocycles. The zero-order valence-electron chi connectivity index (χ0n) is 13.1. The van der Waals surface area contributed by atoms with Crippen LogP contribution in [-0.4, -0.2) is 11.5 Å². The Morgan fingerprint density at radius 1 is 1.19 bits per heavy atom. The maximum Gasteiger partial charge on any atom is 0.219 e. The van der Waals surface area contributed by atoms with Crippen LogP contribution in [0.1, 0.15) is 44.2 Å². The van der Waals surface area contributed by atoms with Crippen LogP contribution in [0.15, 0.2) is 42.6 Å². The van der Waals surface area contributed by atoms with Gasteiger partial charge in [0.1, 0.15) is 5.75 Å². The van der Waals surface area contributed by atoms with Crippen molar-refractivity contribution < 1.29 is 4.74 Å². The second-order valence-electron chi connectivity index (χ2n) is 5.51. The Hall–Kier alpha value is -1.87. The Morgan fingerprint density at radius 3 is 2.81 bits per heavy atom. The number of nitrogens with zero attached hydrogens (tertiary/aromatic N) is 1. The third-order valence-corrected chi connectivity index (χ3v) is 3.30. The SMILES string of the molecule is CCCNCc1ccnc(Oc2cccc(C(C)C)c2)c1. The Bertz CT molecular complexity index is 567. The van der Waals surface area contributed by atoms with E-state index in [1.165, 1.54) is 11.1 Å². The van der Waals surface area contributed by atoms with E-state index >= 15 is 0 Å². The molecular weight excluding hydrogens is 260 g/mol. The van der Waals surface area contributed by atoms with Crippen molar-refractivity contribution in [2.45, 2.75) is 39.7 Å². The first-order chi connectivity index (χ1) is 10.2. The minimum Gasteiger partial charge on any atom is -0.439 e. The fourth-order valence-corrected chi connectivity index (χ4v) is 2.08. The van der Waals surface area contributed by atoms with Crippen LogP contribution >= 0.6 is 0 Å². The monoisotopic (exact) mass is 284 g/mol. The molecule has 1 aromatic carbocycles. The first-order valence-corrected chi connectivity index (χ1v) is 7.62. The minimum absolute atomic E-state index is 0.492. The lowest BCUT2D eigenvalue weighted by Gasteiger charge is -2.10. The number of hydrogen-bond acceptors (Lipinski definition) is 3. The van der Waals surface area contributed by atoms with E-state index in [2.05, 4.69) is 43.2 Å². The van der Waals surface area contributed by atoms with Crippen LogP contribution in [0.25, 0.3) is 0 Å². The van der Waals surface area contributed by atoms with Gasteiger partial charge in [0.15, 0.2) is 0 Å². The van der Waals surface area contributed by atoms with Gasteiger partial charge in [-0.15, -0.1) is 0 Å². The van der Waals surface area contributed by atoms with Crippen molar-refractivity contribution in [2.75, 3.05) is 6.54 Å². The molecule has 0 aliphatic carbocycles. The minimum atomic E-state index is 0.492. The number of rotatable bonds is 7. The summed E-state index contributed by atoms with van der Waals surface area (Å²) in [4.78, 5) is 4.29. The van der Waals surface area contributed by atoms with Crippen molar-refractivity contribution in [1.82, 2.24) is 10.3 Å². The van der Waals surface area contributed by atoms with Gasteiger partial charge in [0.05, 0.1) is 0 Å². The number of aromatic nitrogens is 1. The van der Waals surface area contributed by atoms with E-state index in [1.54, 1.807) is 6.20 Å². The predicted octanol–water partition coefficient (Wildman–Crippen LogP) is 4.50. The smallest absolute Gasteiger partial charge is 0.219 e. The average Bonchev–Trinajstić information content (AvgIpc) is 2.48. The van der Waals surface area contributed by atoms with E-state index in [0.717, 1.165) is 25.3 Å². The van der Waals surface area contributed by atoms with Gasteiger partial charge < -0.3 is 10.1 Å². The third-order valence-electron chi connectivity index (χ3n) is 3.30. The third kappa shape index (κ3) is 4.87. The fraction of sp³-hybridized carbons (Fsp3) is 0.389. The molecule has 112 valence electrons. The van der Waals surface area contributed by atoms with Crippen LogP contribution in [0, 0.1) is 0 Å². The van der Waals surface area contributed by atoms with E-state index in [1.807, 2.05) is 24.3 Å². The number of pyridine rings is 1. The molecule has 0 amide bonds. The molecule has 0 saturated carbocycles. The van der Waals surface area contributed by atoms with Gasteiger partial charge in [0.25, 0.3) is 0 Å². The molecular formula is C18H24N2O. The highest BCUT2D eigenvalue weighted by Gasteiger charge is 2.04. The topological polar surface area (TPSA) is 34.2 Å². The molecule has 2 rings (SSSR count). The average molecular weight is 284 g/mol. The van der Waals surface area contributed by atoms with Crippen molar-refractivity contribution in [3.8, 4) is 11.6 Å². The molecule has 0 unspecified atom stereocenters. The first kappa shape index (κ1) is 15.5. The molecule has 3 heteroatoms. The van der Waals surface area contributed by atoms with E-state index < -0.39 is 0 Å². The van der Waals surface area contributed by atoms with E-state index in [4.69, 9.17) is 4.74 Å². The van der Waals surface area contributed by atoms with Crippen LogP contribution < -0.4 is 10.1 Å². The number of ether oxygens (including phenoxy) is 1. The van der Waals surface area contributed by atoms with Crippen molar-refractivity contribution in [2.24, 2.45) is 0 Å². The van der Waals surface area contributed by atoms with Gasteiger partial charge in [0, 0.05) is 18.8 Å². The standard InChI is InChI=1S/C18H24N2O/c1-4-9-19-13-15-8-10-20-18(11-15)21-17-7-5-6-16(12-17)14(2)3/h5-8,10-12,14,19H,4,9,13H2,1-3H3. The summed E-state index contributed by atoms with van der Waals surface area (Å²) in [6.45, 7) is 8.39. The number of benzene rings is 1. The lowest BCUT2D eigenvalue weighted by Crippen LogP contribution is -2.13. The molecule has 0 atom stereocenters. The molecule has 2 aromatic rings. The Labute approximate surface area is 127 Å². The van der Waals surface area contributed by atoms with E-state index in [-0.39, 0.29) is 0 Å². The van der Waals surface area contributed by atoms with Gasteiger partial charge in [-0.1, -0.05) is 32.9 Å². The zero-order chi connectivity index (χ0) is 15.1. The number of hydrogen-bond donors (Lipinski definition) is 1. The summed E-state index contributed by atoms with van der Waals surface area (Å²) in [5, 5.41) is 3.38. The molecule has 1 heterocycles. The van der Waals surface area contributed by atoms with Crippen LogP contribution in [0.4, 0.5) is 0 Å². The fourth-order valence-electron chi connectivity index (χ4n) is 2.08. The van der Waals surface area contributed by atoms with Crippen molar-refractivity contribution >= 4 is 0 Å². The van der Waals surface area contributed by atoms with Gasteiger partial charge >= 0.3 is 0 Å². The Balaban J connectivity index is 2.05. The molecule has 0 aliphatic rings. The second kappa shape index (κ2) is 7.79. The predicted molar refractivity (Wildman–Crippen MR) is 86.8 cm³/mol. The maximum absolute atomic E-state index is 5.88. The van der Waals surface area contributed by atoms with Crippen molar-refractivity contribution in [1.29, 1.82) is 0 Å². The summed E-state index contributed by atoms with van der Waals surface area (Å²) in [7, 11) is 0. The summed E-state index contributed by atoms with van der Waals surface area (Å²) in [5.74, 6) is 1.98. The maximum atomic E-state index is 5.88. The highest BCUT2D eigenvalue weighted by Crippen LogP contribution is 2.24. The van der Waals surface area contributed by atoms with Gasteiger partial charge in [0.2, 0.25) is 5.88 Å². The quantitative estimate of drug-likeness (QED) is 0.760. The first-order valence-electron chi connectivity index (χ1n) is 7.62. The molecule has 0 fully saturated rings. The van der Waals surface area contributed by atoms with Gasteiger partial charge in [-0.2, -0.15) is 0 Å². The zero-order valence-corrected chi connectivity index (χ0v) is 13.1. The van der Waals surface area contributed by atoms with Gasteiger partial charge in [-0.25, -0.2) is 4.98 Å². The second-order valence-corrected chi connectivity index (χ2v) is 5.51. The summed E-state index contributed by atoms with van der Waals surface area (Å²) in [6.07, 6.45) is 2.93. The highest BCUT2D eigenvalue weighted by atomic mass is 16.5. The van der Waals surface area contributed by atoms with Crippen molar-refractivity contribution in [3.63, 3.8) is 0 Å². The molecule has 0 radical (unpaired) electrons. The summed E-state index contributed by atoms with van der Waals surface area (Å²) < 4.78 is 5.88. The van der Waals surface area contributed by atoms with Crippen LogP contribution in [0.5, 0.6) is 11.6 Å². The summed E-state index contributed by atoms with van der Waals surface area (Å²) in [5.41, 5.74) is 2.46. The molecule has 0 saturated heterocycles. The van der Waals surface area contributed by atoms with E-state index in [0.29, 0.717) is 11.8 Å². The highest BCUT2D eigenvalue weighted by molar-refractivity contribution is 5.33. The molecule has 1 N–H and O–H groups in total. The van der Waals surface area contributed by atoms with Gasteiger partial charge in [-0.05, 0) is 48.2 Å². The van der Waals surface area contributed by atoms with Crippen LogP contribution in [0.2, 0.25) is 0 Å². The van der Waals surface area contributed by atoms with Crippen LogP contribution in [-0.2, 0) is 6.54 Å². The van der Waals surface area contributed by atoms with E-state index in [9.17, 15) is 0 Å². The molecule has 3 nitrogen and oxygen atoms in total.